The minimum atomic E-state index is -4.51. The van der Waals surface area contributed by atoms with Crippen LogP contribution >= 0.6 is 11.6 Å². The molecule has 0 aliphatic heterocycles. The molecule has 27 heavy (non-hydrogen) atoms. The first-order chi connectivity index (χ1) is 12.8. The smallest absolute Gasteiger partial charge is 0.366 e. The predicted octanol–water partition coefficient (Wildman–Crippen LogP) is 4.94. The molecule has 1 unspecified atom stereocenters. The van der Waals surface area contributed by atoms with E-state index in [0.29, 0.717) is 17.9 Å². The maximum Gasteiger partial charge on any atom is 0.417 e. The highest BCUT2D eigenvalue weighted by molar-refractivity contribution is 6.30. The number of aromatic nitrogens is 3. The Kier molecular flexibility index (Phi) is 5.47. The number of nitrogens with one attached hydrogen (secondary N) is 1. The summed E-state index contributed by atoms with van der Waals surface area (Å²) in [5.74, 6) is 5.98. The molecule has 0 amide bonds. The summed E-state index contributed by atoms with van der Waals surface area (Å²) in [6.07, 6.45) is -1.14. The summed E-state index contributed by atoms with van der Waals surface area (Å²) in [5.41, 5.74) is -0.379. The normalized spacial score (nSPS) is 12.3. The van der Waals surface area contributed by atoms with Gasteiger partial charge in [-0.2, -0.15) is 13.2 Å². The molecule has 4 nitrogen and oxygen atoms in total. The lowest BCUT2D eigenvalue weighted by Crippen LogP contribution is -2.15. The van der Waals surface area contributed by atoms with Gasteiger partial charge in [0.2, 0.25) is 0 Å². The second kappa shape index (κ2) is 7.80. The highest BCUT2D eigenvalue weighted by Crippen LogP contribution is 2.33. The Morgan fingerprint density at radius 2 is 2.00 bits per heavy atom. The average Bonchev–Trinajstić information content (AvgIpc) is 2.62. The van der Waals surface area contributed by atoms with E-state index in [1.165, 1.54) is 18.5 Å². The molecule has 2 aromatic heterocycles. The van der Waals surface area contributed by atoms with Crippen LogP contribution in [0.4, 0.5) is 19.0 Å². The van der Waals surface area contributed by atoms with Crippen molar-refractivity contribution in [1.82, 2.24) is 15.0 Å². The van der Waals surface area contributed by atoms with Gasteiger partial charge in [-0.15, -0.1) is 0 Å². The molecule has 2 heterocycles. The topological polar surface area (TPSA) is 50.7 Å². The quantitative estimate of drug-likeness (QED) is 0.643. The zero-order valence-corrected chi connectivity index (χ0v) is 14.9. The van der Waals surface area contributed by atoms with Crippen molar-refractivity contribution in [2.75, 3.05) is 5.32 Å². The fourth-order valence-corrected chi connectivity index (χ4v) is 2.63. The van der Waals surface area contributed by atoms with Crippen LogP contribution in [-0.2, 0) is 6.18 Å². The second-order valence-electron chi connectivity index (χ2n) is 5.84. The van der Waals surface area contributed by atoms with Crippen LogP contribution in [0.2, 0.25) is 5.02 Å². The third kappa shape index (κ3) is 4.66. The third-order valence-corrected chi connectivity index (χ3v) is 3.95. The molecule has 0 saturated heterocycles. The molecule has 3 aromatic rings. The Hall–Kier alpha value is -2.85. The standard InChI is InChI=1S/C19H14ClF3N4/c1-12(27-18-15-6-3-9-24-17(15)25-11-26-18)4-2-5-13-7-8-14(20)10-16(13)19(21,22)23/h3,6-12H,4H2,1H3,(H,24,25,26,27). The fourth-order valence-electron chi connectivity index (χ4n) is 2.45. The van der Waals surface area contributed by atoms with Gasteiger partial charge in [-0.25, -0.2) is 15.0 Å². The van der Waals surface area contributed by atoms with Crippen molar-refractivity contribution < 1.29 is 13.2 Å². The first kappa shape index (κ1) is 18.9. The van der Waals surface area contributed by atoms with Gasteiger partial charge in [-0.3, -0.25) is 0 Å². The summed E-state index contributed by atoms with van der Waals surface area (Å²) < 4.78 is 39.3. The lowest BCUT2D eigenvalue weighted by atomic mass is 10.1. The number of alkyl halides is 3. The van der Waals surface area contributed by atoms with E-state index in [1.807, 2.05) is 13.0 Å². The second-order valence-corrected chi connectivity index (χ2v) is 6.27. The minimum absolute atomic E-state index is 0.0205. The number of hydrogen-bond donors (Lipinski definition) is 1. The lowest BCUT2D eigenvalue weighted by molar-refractivity contribution is -0.137. The van der Waals surface area contributed by atoms with Gasteiger partial charge in [0.05, 0.1) is 10.9 Å². The molecule has 0 fully saturated rings. The van der Waals surface area contributed by atoms with E-state index in [0.717, 1.165) is 11.5 Å². The number of nitrogens with zero attached hydrogens (tertiary/aromatic N) is 3. The third-order valence-electron chi connectivity index (χ3n) is 3.71. The largest absolute Gasteiger partial charge is 0.417 e. The summed E-state index contributed by atoms with van der Waals surface area (Å²) in [5, 5.41) is 3.97. The lowest BCUT2D eigenvalue weighted by Gasteiger charge is -2.13. The zero-order valence-electron chi connectivity index (χ0n) is 14.2. The number of anilines is 1. The summed E-state index contributed by atoms with van der Waals surface area (Å²) in [6, 6.07) is 7.03. The highest BCUT2D eigenvalue weighted by Gasteiger charge is 2.33. The van der Waals surface area contributed by atoms with Crippen molar-refractivity contribution in [2.45, 2.75) is 25.6 Å². The summed E-state index contributed by atoms with van der Waals surface area (Å²) in [6.45, 7) is 1.87. The van der Waals surface area contributed by atoms with Gasteiger partial charge in [0, 0.05) is 29.2 Å². The Bertz CT molecular complexity index is 1020. The Morgan fingerprint density at radius 3 is 2.78 bits per heavy atom. The Morgan fingerprint density at radius 1 is 1.19 bits per heavy atom. The minimum Gasteiger partial charge on any atom is -0.366 e. The van der Waals surface area contributed by atoms with Crippen LogP contribution in [0.1, 0.15) is 24.5 Å². The maximum atomic E-state index is 13.1. The first-order valence-corrected chi connectivity index (χ1v) is 8.40. The molecule has 0 spiro atoms. The van der Waals surface area contributed by atoms with Crippen LogP contribution in [0.5, 0.6) is 0 Å². The van der Waals surface area contributed by atoms with Crippen LogP contribution in [-0.4, -0.2) is 21.0 Å². The average molecular weight is 391 g/mol. The molecule has 1 N–H and O–H groups in total. The number of halogens is 4. The van der Waals surface area contributed by atoms with Crippen molar-refractivity contribution >= 4 is 28.5 Å². The molecule has 1 atom stereocenters. The van der Waals surface area contributed by atoms with E-state index in [-0.39, 0.29) is 16.6 Å². The van der Waals surface area contributed by atoms with Gasteiger partial charge < -0.3 is 5.32 Å². The van der Waals surface area contributed by atoms with Crippen LogP contribution in [0.3, 0.4) is 0 Å². The van der Waals surface area contributed by atoms with Crippen LogP contribution < -0.4 is 5.32 Å². The molecule has 138 valence electrons. The molecule has 0 aliphatic carbocycles. The van der Waals surface area contributed by atoms with Crippen molar-refractivity contribution in [3.8, 4) is 11.8 Å². The van der Waals surface area contributed by atoms with E-state index in [4.69, 9.17) is 11.6 Å². The van der Waals surface area contributed by atoms with Crippen LogP contribution in [0.15, 0.2) is 42.9 Å². The number of rotatable bonds is 3. The van der Waals surface area contributed by atoms with E-state index in [2.05, 4.69) is 32.1 Å². The molecular formula is C19H14ClF3N4. The monoisotopic (exact) mass is 390 g/mol. The number of benzene rings is 1. The molecular weight excluding hydrogens is 377 g/mol. The predicted molar refractivity (Wildman–Crippen MR) is 98.4 cm³/mol. The van der Waals surface area contributed by atoms with E-state index in [1.54, 1.807) is 12.3 Å². The molecule has 0 bridgehead atoms. The number of hydrogen-bond acceptors (Lipinski definition) is 4. The van der Waals surface area contributed by atoms with Gasteiger partial charge in [-0.1, -0.05) is 23.4 Å². The molecule has 0 saturated carbocycles. The number of fused-ring (bicyclic) bond motifs is 1. The maximum absolute atomic E-state index is 13.1. The summed E-state index contributed by atoms with van der Waals surface area (Å²) >= 11 is 5.67. The summed E-state index contributed by atoms with van der Waals surface area (Å²) in [4.78, 5) is 12.4. The molecule has 3 rings (SSSR count). The van der Waals surface area contributed by atoms with Gasteiger partial charge in [0.25, 0.3) is 0 Å². The van der Waals surface area contributed by atoms with Gasteiger partial charge in [0.1, 0.15) is 12.1 Å². The molecule has 0 radical (unpaired) electrons. The van der Waals surface area contributed by atoms with E-state index < -0.39 is 11.7 Å². The van der Waals surface area contributed by atoms with Gasteiger partial charge >= 0.3 is 6.18 Å². The van der Waals surface area contributed by atoms with Crippen LogP contribution in [0, 0.1) is 11.8 Å². The molecule has 0 aliphatic rings. The number of pyridine rings is 1. The van der Waals surface area contributed by atoms with Gasteiger partial charge in [-0.05, 0) is 37.3 Å². The van der Waals surface area contributed by atoms with Crippen molar-refractivity contribution in [3.63, 3.8) is 0 Å². The fraction of sp³-hybridized carbons (Fsp3) is 0.211. The first-order valence-electron chi connectivity index (χ1n) is 8.02. The Labute approximate surface area is 158 Å². The zero-order chi connectivity index (χ0) is 19.4. The SMILES string of the molecule is CC(CC#Cc1ccc(Cl)cc1C(F)(F)F)Nc1ncnc2ncccc12. The van der Waals surface area contributed by atoms with Crippen molar-refractivity contribution in [2.24, 2.45) is 0 Å². The molecule has 8 heteroatoms. The van der Waals surface area contributed by atoms with E-state index >= 15 is 0 Å². The van der Waals surface area contributed by atoms with Crippen molar-refractivity contribution in [3.05, 3.63) is 59.0 Å². The molecule has 1 aromatic carbocycles. The van der Waals surface area contributed by atoms with Gasteiger partial charge in [0.15, 0.2) is 5.65 Å². The Balaban J connectivity index is 1.75. The highest BCUT2D eigenvalue weighted by atomic mass is 35.5. The van der Waals surface area contributed by atoms with Crippen LogP contribution in [0.25, 0.3) is 11.0 Å². The summed E-state index contributed by atoms with van der Waals surface area (Å²) in [7, 11) is 0. The van der Waals surface area contributed by atoms with Crippen molar-refractivity contribution in [1.29, 1.82) is 0 Å². The van der Waals surface area contributed by atoms with E-state index in [9.17, 15) is 13.2 Å².